The van der Waals surface area contributed by atoms with Gasteiger partial charge in [0.15, 0.2) is 0 Å². The number of carbonyl (C=O) groups is 4. The third-order valence-electron chi connectivity index (χ3n) is 11.9. The summed E-state index contributed by atoms with van der Waals surface area (Å²) >= 11 is 0. The average molecular weight is 921 g/mol. The van der Waals surface area contributed by atoms with E-state index in [-0.39, 0.29) is 54.8 Å². The Kier molecular flexibility index (Phi) is 16.4. The molecule has 1 saturated carbocycles. The number of aromatic amines is 2. The molecule has 15 nitrogen and oxygen atoms in total. The number of aliphatic hydroxyl groups is 2. The first-order valence-corrected chi connectivity index (χ1v) is 22.1. The van der Waals surface area contributed by atoms with Crippen molar-refractivity contribution in [3.63, 3.8) is 0 Å². The second-order valence-corrected chi connectivity index (χ2v) is 16.4. The van der Waals surface area contributed by atoms with Gasteiger partial charge in [-0.3, -0.25) is 29.4 Å². The molecule has 1 fully saturated rings. The van der Waals surface area contributed by atoms with Gasteiger partial charge >= 0.3 is 0 Å². The quantitative estimate of drug-likeness (QED) is 0.0478. The second kappa shape index (κ2) is 23.1. The fraction of sp³-hybridized carbons (Fsp3) is 0.231. The Hall–Kier alpha value is -7.79. The number of rotatable bonds is 17. The minimum absolute atomic E-state index is 0.176. The predicted octanol–water partition coefficient (Wildman–Crippen LogP) is 6.84. The minimum Gasteiger partial charge on any atom is -0.394 e. The van der Waals surface area contributed by atoms with Crippen LogP contribution >= 0.6 is 0 Å². The van der Waals surface area contributed by atoms with Crippen molar-refractivity contribution in [1.29, 1.82) is 0 Å². The largest absolute Gasteiger partial charge is 0.394 e. The molecule has 0 unspecified atom stereocenters. The molecule has 7 aromatic rings. The first kappa shape index (κ1) is 48.2. The SMILES string of the molecule is COC1(CNC(=O)c2cccc([C@@H](CO)NC(=O)c3ccc(-c4cn[nH]c4)cc3)c2)CCCC1.O=C(NCc1cccc(F)c1)c1cccc([C@@H](CO)NC(=O)c2ccc(-c3cn[nH]c3)cc2)c1. The van der Waals surface area contributed by atoms with Gasteiger partial charge in [0.05, 0.1) is 43.3 Å². The number of methoxy groups -OCH3 is 1. The molecule has 2 atom stereocenters. The number of aromatic nitrogens is 4. The molecule has 0 saturated heterocycles. The number of aliphatic hydroxyl groups excluding tert-OH is 2. The first-order chi connectivity index (χ1) is 33.1. The number of amides is 4. The van der Waals surface area contributed by atoms with Gasteiger partial charge in [0.25, 0.3) is 23.6 Å². The molecule has 5 aromatic carbocycles. The van der Waals surface area contributed by atoms with Crippen LogP contribution in [0.25, 0.3) is 22.3 Å². The van der Waals surface area contributed by atoms with Gasteiger partial charge < -0.3 is 36.2 Å². The van der Waals surface area contributed by atoms with Gasteiger partial charge in [0, 0.05) is 66.0 Å². The highest BCUT2D eigenvalue weighted by molar-refractivity contribution is 5.97. The molecule has 0 aliphatic heterocycles. The molecule has 350 valence electrons. The zero-order valence-corrected chi connectivity index (χ0v) is 37.4. The third-order valence-corrected chi connectivity index (χ3v) is 11.9. The monoisotopic (exact) mass is 920 g/mol. The molecule has 16 heteroatoms. The molecular weight excluding hydrogens is 868 g/mol. The lowest BCUT2D eigenvalue weighted by molar-refractivity contribution is -0.00260. The highest BCUT2D eigenvalue weighted by Crippen LogP contribution is 2.32. The van der Waals surface area contributed by atoms with Gasteiger partial charge in [0.2, 0.25) is 0 Å². The van der Waals surface area contributed by atoms with E-state index in [0.717, 1.165) is 47.9 Å². The minimum atomic E-state index is -0.697. The highest BCUT2D eigenvalue weighted by atomic mass is 19.1. The smallest absolute Gasteiger partial charge is 0.251 e. The molecule has 0 bridgehead atoms. The molecule has 1 aliphatic carbocycles. The number of H-pyrrole nitrogens is 2. The van der Waals surface area contributed by atoms with Crippen molar-refractivity contribution >= 4 is 23.6 Å². The normalized spacial score (nSPS) is 13.6. The predicted molar refractivity (Wildman–Crippen MR) is 254 cm³/mol. The Labute approximate surface area is 392 Å². The Morgan fingerprint density at radius 2 is 1.10 bits per heavy atom. The number of nitrogens with one attached hydrogen (secondary N) is 6. The summed E-state index contributed by atoms with van der Waals surface area (Å²) in [5, 5.41) is 44.6. The molecule has 2 aromatic heterocycles. The van der Waals surface area contributed by atoms with Crippen LogP contribution < -0.4 is 21.3 Å². The average Bonchev–Trinajstić information content (AvgIpc) is 4.22. The van der Waals surface area contributed by atoms with Crippen LogP contribution in [0, 0.1) is 5.82 Å². The van der Waals surface area contributed by atoms with Crippen LogP contribution in [0.1, 0.15) is 95.9 Å². The van der Waals surface area contributed by atoms with E-state index >= 15 is 0 Å². The standard InChI is InChI=1S/C26H23FN4O3.C26H30N4O4/c27-23-6-1-3-17(11-23)13-28-25(33)21-5-2-4-20(12-21)24(16-32)31-26(34)19-9-7-18(8-10-19)22-14-29-30-15-22;1-34-26(11-2-3-12-26)17-27-24(32)21-6-4-5-20(13-21)23(16-31)30-25(33)19-9-7-18(8-10-19)22-14-28-29-15-22/h1-12,14-15,24,32H,13,16H2,(H,28,33)(H,29,30)(H,31,34);4-10,13-15,23,31H,2-3,11-12,16-17H2,1H3,(H,27,32)(H,28,29)(H,30,33)/t24-;23-/m11/s1. The Morgan fingerprint density at radius 3 is 1.54 bits per heavy atom. The molecular formula is C52H53FN8O7. The maximum Gasteiger partial charge on any atom is 0.251 e. The summed E-state index contributed by atoms with van der Waals surface area (Å²) in [4.78, 5) is 50.9. The highest BCUT2D eigenvalue weighted by Gasteiger charge is 2.34. The van der Waals surface area contributed by atoms with Crippen molar-refractivity contribution in [3.8, 4) is 22.3 Å². The Morgan fingerprint density at radius 1 is 0.618 bits per heavy atom. The van der Waals surface area contributed by atoms with Gasteiger partial charge in [-0.05, 0) is 101 Å². The van der Waals surface area contributed by atoms with Crippen LogP contribution in [0.3, 0.4) is 0 Å². The van der Waals surface area contributed by atoms with E-state index < -0.39 is 12.1 Å². The summed E-state index contributed by atoms with van der Waals surface area (Å²) < 4.78 is 19.0. The number of nitrogens with zero attached hydrogens (tertiary/aromatic N) is 2. The Balaban J connectivity index is 0.000000201. The van der Waals surface area contributed by atoms with Crippen LogP contribution in [-0.2, 0) is 11.3 Å². The molecule has 0 spiro atoms. The second-order valence-electron chi connectivity index (χ2n) is 16.4. The molecule has 4 amide bonds. The third kappa shape index (κ3) is 12.6. The summed E-state index contributed by atoms with van der Waals surface area (Å²) in [6, 6.07) is 32.4. The van der Waals surface area contributed by atoms with E-state index in [9.17, 15) is 33.8 Å². The maximum atomic E-state index is 13.3. The zero-order valence-electron chi connectivity index (χ0n) is 37.4. The van der Waals surface area contributed by atoms with Gasteiger partial charge in [-0.25, -0.2) is 4.39 Å². The van der Waals surface area contributed by atoms with Gasteiger partial charge in [0.1, 0.15) is 5.82 Å². The molecule has 0 radical (unpaired) electrons. The van der Waals surface area contributed by atoms with Crippen LogP contribution in [0.5, 0.6) is 0 Å². The number of ether oxygens (including phenoxy) is 1. The van der Waals surface area contributed by atoms with Gasteiger partial charge in [-0.1, -0.05) is 73.5 Å². The summed E-state index contributed by atoms with van der Waals surface area (Å²) in [6.45, 7) is 0.00124. The number of benzene rings is 5. The lowest BCUT2D eigenvalue weighted by Crippen LogP contribution is -2.42. The maximum absolute atomic E-state index is 13.3. The van der Waals surface area contributed by atoms with Crippen molar-refractivity contribution in [2.45, 2.75) is 49.9 Å². The first-order valence-electron chi connectivity index (χ1n) is 22.1. The molecule has 2 heterocycles. The van der Waals surface area contributed by atoms with Crippen molar-refractivity contribution in [2.24, 2.45) is 0 Å². The van der Waals surface area contributed by atoms with Crippen molar-refractivity contribution < 1.29 is 38.5 Å². The number of halogens is 1. The summed E-state index contributed by atoms with van der Waals surface area (Å²) in [6.07, 6.45) is 11.0. The number of hydrogen-bond donors (Lipinski definition) is 8. The lowest BCUT2D eigenvalue weighted by atomic mass is 10.0. The van der Waals surface area contributed by atoms with Crippen LogP contribution in [0.15, 0.2) is 146 Å². The van der Waals surface area contributed by atoms with Gasteiger partial charge in [-0.15, -0.1) is 0 Å². The fourth-order valence-corrected chi connectivity index (χ4v) is 7.94. The number of hydrogen-bond acceptors (Lipinski definition) is 9. The van der Waals surface area contributed by atoms with Crippen LogP contribution in [0.4, 0.5) is 4.39 Å². The Bertz CT molecular complexity index is 2760. The van der Waals surface area contributed by atoms with E-state index in [2.05, 4.69) is 41.7 Å². The summed E-state index contributed by atoms with van der Waals surface area (Å²) in [5.74, 6) is -1.58. The molecule has 1 aliphatic rings. The summed E-state index contributed by atoms with van der Waals surface area (Å²) in [7, 11) is 1.69. The van der Waals surface area contributed by atoms with Crippen molar-refractivity contribution in [3.05, 3.63) is 191 Å². The van der Waals surface area contributed by atoms with Crippen molar-refractivity contribution in [1.82, 2.24) is 41.7 Å². The summed E-state index contributed by atoms with van der Waals surface area (Å²) in [5.41, 5.74) is 7.04. The number of carbonyl (C=O) groups excluding carboxylic acids is 4. The molecule has 8 N–H and O–H groups in total. The van der Waals surface area contributed by atoms with E-state index in [1.54, 1.807) is 117 Å². The molecule has 8 rings (SSSR count). The van der Waals surface area contributed by atoms with E-state index in [4.69, 9.17) is 4.74 Å². The van der Waals surface area contributed by atoms with Crippen LogP contribution in [-0.4, -0.2) is 86.7 Å². The topological polar surface area (TPSA) is 223 Å². The fourth-order valence-electron chi connectivity index (χ4n) is 7.94. The van der Waals surface area contributed by atoms with Gasteiger partial charge in [-0.2, -0.15) is 10.2 Å². The van der Waals surface area contributed by atoms with Crippen molar-refractivity contribution in [2.75, 3.05) is 26.9 Å². The lowest BCUT2D eigenvalue weighted by Gasteiger charge is -2.27. The molecule has 68 heavy (non-hydrogen) atoms. The van der Waals surface area contributed by atoms with Crippen LogP contribution in [0.2, 0.25) is 0 Å². The van der Waals surface area contributed by atoms with E-state index in [1.807, 2.05) is 24.3 Å². The van der Waals surface area contributed by atoms with E-state index in [1.165, 1.54) is 12.1 Å². The van der Waals surface area contributed by atoms with E-state index in [0.29, 0.717) is 45.5 Å². The zero-order chi connectivity index (χ0) is 47.9.